The number of carbonyl (C=O) groups excluding carboxylic acids is 2. The van der Waals surface area contributed by atoms with E-state index in [9.17, 15) is 9.59 Å². The van der Waals surface area contributed by atoms with Gasteiger partial charge in [0.1, 0.15) is 12.3 Å². The summed E-state index contributed by atoms with van der Waals surface area (Å²) in [4.78, 5) is 31.1. The number of carbonyl (C=O) groups is 2. The fourth-order valence-electron chi connectivity index (χ4n) is 2.66. The van der Waals surface area contributed by atoms with E-state index in [4.69, 9.17) is 9.47 Å². The number of amides is 1. The number of thiazole rings is 1. The normalized spacial score (nSPS) is 13.5. The first-order valence-electron chi connectivity index (χ1n) is 7.66. The maximum absolute atomic E-state index is 12.2. The van der Waals surface area contributed by atoms with Gasteiger partial charge in [0, 0.05) is 10.4 Å². The van der Waals surface area contributed by atoms with E-state index in [0.717, 1.165) is 21.1 Å². The minimum atomic E-state index is -0.440. The van der Waals surface area contributed by atoms with Crippen LogP contribution in [0.15, 0.2) is 18.2 Å². The number of ether oxygens (including phenoxy) is 2. The summed E-state index contributed by atoms with van der Waals surface area (Å²) in [6, 6.07) is 5.56. The predicted octanol–water partition coefficient (Wildman–Crippen LogP) is 2.72. The van der Waals surface area contributed by atoms with Crippen molar-refractivity contribution in [3.63, 3.8) is 0 Å². The lowest BCUT2D eigenvalue weighted by molar-refractivity contribution is -0.142. The lowest BCUT2D eigenvalue weighted by atomic mass is 10.1. The van der Waals surface area contributed by atoms with Crippen molar-refractivity contribution in [2.24, 2.45) is 0 Å². The van der Waals surface area contributed by atoms with Gasteiger partial charge in [-0.25, -0.2) is 4.98 Å². The molecule has 3 rings (SSSR count). The predicted molar refractivity (Wildman–Crippen MR) is 91.5 cm³/mol. The minimum absolute atomic E-state index is 0.0827. The smallest absolute Gasteiger partial charge is 0.326 e. The van der Waals surface area contributed by atoms with Gasteiger partial charge in [-0.1, -0.05) is 0 Å². The van der Waals surface area contributed by atoms with E-state index in [1.54, 1.807) is 18.3 Å². The standard InChI is InChI=1S/C17H18N2O4S/c1-4-22-16(21)8-19-13-7-12(17-10(2)24-11(3)18-17)5-6-14(13)23-9-15(19)20/h5-7H,4,8-9H2,1-3H3. The molecule has 1 aromatic heterocycles. The Morgan fingerprint density at radius 1 is 1.42 bits per heavy atom. The fraction of sp³-hybridized carbons (Fsp3) is 0.353. The van der Waals surface area contributed by atoms with Crippen LogP contribution in [0.3, 0.4) is 0 Å². The molecule has 1 aliphatic heterocycles. The molecule has 1 amide bonds. The molecule has 24 heavy (non-hydrogen) atoms. The zero-order chi connectivity index (χ0) is 17.3. The Bertz CT molecular complexity index is 800. The number of hydrogen-bond donors (Lipinski definition) is 0. The molecule has 0 saturated heterocycles. The molecule has 0 saturated carbocycles. The largest absolute Gasteiger partial charge is 0.482 e. The number of esters is 1. The van der Waals surface area contributed by atoms with E-state index in [1.807, 2.05) is 32.0 Å². The zero-order valence-electron chi connectivity index (χ0n) is 13.8. The molecule has 0 unspecified atom stereocenters. The Morgan fingerprint density at radius 2 is 2.21 bits per heavy atom. The van der Waals surface area contributed by atoms with E-state index in [2.05, 4.69) is 4.98 Å². The molecule has 126 valence electrons. The Balaban J connectivity index is 1.99. The quantitative estimate of drug-likeness (QED) is 0.796. The number of aromatic nitrogens is 1. The molecule has 1 aliphatic rings. The number of benzene rings is 1. The van der Waals surface area contributed by atoms with Crippen LogP contribution in [0.4, 0.5) is 5.69 Å². The van der Waals surface area contributed by atoms with Gasteiger partial charge in [-0.05, 0) is 39.0 Å². The molecule has 6 nitrogen and oxygen atoms in total. The second-order valence-electron chi connectivity index (χ2n) is 5.39. The highest BCUT2D eigenvalue weighted by atomic mass is 32.1. The van der Waals surface area contributed by atoms with Gasteiger partial charge in [-0.2, -0.15) is 0 Å². The molecule has 0 N–H and O–H groups in total. The van der Waals surface area contributed by atoms with Gasteiger partial charge in [0.05, 0.1) is 23.0 Å². The first-order chi connectivity index (χ1) is 11.5. The zero-order valence-corrected chi connectivity index (χ0v) is 14.6. The number of rotatable bonds is 4. The van der Waals surface area contributed by atoms with E-state index < -0.39 is 5.97 Å². The van der Waals surface area contributed by atoms with Crippen molar-refractivity contribution in [3.05, 3.63) is 28.1 Å². The summed E-state index contributed by atoms with van der Waals surface area (Å²) >= 11 is 1.62. The van der Waals surface area contributed by atoms with Gasteiger partial charge >= 0.3 is 5.97 Å². The van der Waals surface area contributed by atoms with Crippen LogP contribution in [0.2, 0.25) is 0 Å². The SMILES string of the molecule is CCOC(=O)CN1C(=O)COc2ccc(-c3nc(C)sc3C)cc21. The summed E-state index contributed by atoms with van der Waals surface area (Å²) in [5.74, 6) is -0.129. The van der Waals surface area contributed by atoms with Crippen LogP contribution >= 0.6 is 11.3 Å². The summed E-state index contributed by atoms with van der Waals surface area (Å²) < 4.78 is 10.4. The van der Waals surface area contributed by atoms with Gasteiger partial charge in [0.15, 0.2) is 6.61 Å². The molecule has 0 aliphatic carbocycles. The Morgan fingerprint density at radius 3 is 2.88 bits per heavy atom. The molecule has 0 atom stereocenters. The van der Waals surface area contributed by atoms with Crippen molar-refractivity contribution >= 4 is 28.9 Å². The summed E-state index contributed by atoms with van der Waals surface area (Å²) in [6.45, 7) is 5.78. The lowest BCUT2D eigenvalue weighted by Crippen LogP contribution is -2.42. The first kappa shape index (κ1) is 16.4. The topological polar surface area (TPSA) is 68.7 Å². The van der Waals surface area contributed by atoms with Crippen molar-refractivity contribution in [3.8, 4) is 17.0 Å². The monoisotopic (exact) mass is 346 g/mol. The van der Waals surface area contributed by atoms with Gasteiger partial charge < -0.3 is 9.47 Å². The summed E-state index contributed by atoms with van der Waals surface area (Å²) in [6.07, 6.45) is 0. The molecular formula is C17H18N2O4S. The van der Waals surface area contributed by atoms with Crippen LogP contribution in [0.1, 0.15) is 16.8 Å². The van der Waals surface area contributed by atoms with Crippen LogP contribution in [0.25, 0.3) is 11.3 Å². The molecule has 0 radical (unpaired) electrons. The lowest BCUT2D eigenvalue weighted by Gasteiger charge is -2.29. The number of aryl methyl sites for hydroxylation is 2. The van der Waals surface area contributed by atoms with Gasteiger partial charge in [-0.15, -0.1) is 11.3 Å². The van der Waals surface area contributed by atoms with E-state index in [1.165, 1.54) is 4.90 Å². The first-order valence-corrected chi connectivity index (χ1v) is 8.48. The maximum Gasteiger partial charge on any atom is 0.326 e. The highest BCUT2D eigenvalue weighted by molar-refractivity contribution is 7.11. The molecule has 7 heteroatoms. The van der Waals surface area contributed by atoms with Crippen LogP contribution in [-0.4, -0.2) is 36.6 Å². The van der Waals surface area contributed by atoms with Gasteiger partial charge in [-0.3, -0.25) is 14.5 Å². The highest BCUT2D eigenvalue weighted by Gasteiger charge is 2.28. The highest BCUT2D eigenvalue weighted by Crippen LogP contribution is 2.37. The second-order valence-corrected chi connectivity index (χ2v) is 6.80. The number of hydrogen-bond acceptors (Lipinski definition) is 6. The van der Waals surface area contributed by atoms with Crippen molar-refractivity contribution < 1.29 is 19.1 Å². The van der Waals surface area contributed by atoms with Crippen LogP contribution in [0.5, 0.6) is 5.75 Å². The van der Waals surface area contributed by atoms with Crippen molar-refractivity contribution in [1.29, 1.82) is 0 Å². The molecule has 2 heterocycles. The van der Waals surface area contributed by atoms with Gasteiger partial charge in [0.2, 0.25) is 0 Å². The number of nitrogens with zero attached hydrogens (tertiary/aromatic N) is 2. The molecule has 0 bridgehead atoms. The average molecular weight is 346 g/mol. The van der Waals surface area contributed by atoms with E-state index in [0.29, 0.717) is 11.4 Å². The summed E-state index contributed by atoms with van der Waals surface area (Å²) in [7, 11) is 0. The van der Waals surface area contributed by atoms with Crippen LogP contribution in [0, 0.1) is 13.8 Å². The molecule has 0 spiro atoms. The van der Waals surface area contributed by atoms with Crippen molar-refractivity contribution in [1.82, 2.24) is 4.98 Å². The molecule has 2 aromatic rings. The Kier molecular flexibility index (Phi) is 4.53. The minimum Gasteiger partial charge on any atom is -0.482 e. The summed E-state index contributed by atoms with van der Waals surface area (Å²) in [5.41, 5.74) is 2.35. The molecule has 0 fully saturated rings. The van der Waals surface area contributed by atoms with Crippen molar-refractivity contribution in [2.75, 3.05) is 24.7 Å². The maximum atomic E-state index is 12.2. The van der Waals surface area contributed by atoms with E-state index in [-0.39, 0.29) is 25.7 Å². The fourth-order valence-corrected chi connectivity index (χ4v) is 3.50. The Labute approximate surface area is 144 Å². The third kappa shape index (κ3) is 3.12. The molecular weight excluding hydrogens is 328 g/mol. The van der Waals surface area contributed by atoms with Crippen LogP contribution in [-0.2, 0) is 14.3 Å². The Hall–Kier alpha value is -2.41. The number of anilines is 1. The second kappa shape index (κ2) is 6.60. The van der Waals surface area contributed by atoms with Gasteiger partial charge in [0.25, 0.3) is 5.91 Å². The average Bonchev–Trinajstić information content (AvgIpc) is 2.88. The summed E-state index contributed by atoms with van der Waals surface area (Å²) in [5, 5.41) is 0.982. The molecule has 1 aromatic carbocycles. The van der Waals surface area contributed by atoms with Crippen LogP contribution < -0.4 is 9.64 Å². The third-order valence-electron chi connectivity index (χ3n) is 3.67. The third-order valence-corrected chi connectivity index (χ3v) is 4.56. The number of fused-ring (bicyclic) bond motifs is 1. The van der Waals surface area contributed by atoms with E-state index >= 15 is 0 Å². The van der Waals surface area contributed by atoms with Crippen molar-refractivity contribution in [2.45, 2.75) is 20.8 Å².